The monoisotopic (exact) mass is 216 g/mol. The van der Waals surface area contributed by atoms with Crippen LogP contribution in [0.1, 0.15) is 11.7 Å². The Bertz CT molecular complexity index is 397. The standard InChI is InChI=1S/C8H8O5S/c9-6-8(13-14(10,11)12)7-4-2-1-3-5-7/h1-6,8H,(H,10,11,12). The summed E-state index contributed by atoms with van der Waals surface area (Å²) in [4.78, 5) is 10.5. The second-order valence-corrected chi connectivity index (χ2v) is 3.54. The first kappa shape index (κ1) is 10.8. The number of hydrogen-bond acceptors (Lipinski definition) is 4. The van der Waals surface area contributed by atoms with Crippen molar-refractivity contribution < 1.29 is 21.9 Å². The average molecular weight is 216 g/mol. The van der Waals surface area contributed by atoms with Crippen LogP contribution in [0, 0.1) is 0 Å². The maximum absolute atomic E-state index is 10.5. The molecule has 0 spiro atoms. The predicted molar refractivity (Wildman–Crippen MR) is 47.9 cm³/mol. The molecule has 0 fully saturated rings. The van der Waals surface area contributed by atoms with E-state index in [9.17, 15) is 13.2 Å². The summed E-state index contributed by atoms with van der Waals surface area (Å²) in [6.45, 7) is 0. The maximum Gasteiger partial charge on any atom is 0.398 e. The summed E-state index contributed by atoms with van der Waals surface area (Å²) in [7, 11) is -4.61. The van der Waals surface area contributed by atoms with Gasteiger partial charge in [0.1, 0.15) is 0 Å². The molecule has 6 heteroatoms. The summed E-state index contributed by atoms with van der Waals surface area (Å²) in [5.41, 5.74) is 0.361. The number of hydrogen-bond donors (Lipinski definition) is 1. The van der Waals surface area contributed by atoms with E-state index in [4.69, 9.17) is 4.55 Å². The van der Waals surface area contributed by atoms with E-state index in [0.29, 0.717) is 11.8 Å². The van der Waals surface area contributed by atoms with Crippen LogP contribution in [0.25, 0.3) is 0 Å². The van der Waals surface area contributed by atoms with Crippen molar-refractivity contribution in [2.24, 2.45) is 0 Å². The molecule has 1 atom stereocenters. The first-order valence-corrected chi connectivity index (χ1v) is 5.05. The van der Waals surface area contributed by atoms with Crippen molar-refractivity contribution in [3.05, 3.63) is 35.9 Å². The number of carbonyl (C=O) groups is 1. The van der Waals surface area contributed by atoms with E-state index in [1.54, 1.807) is 18.2 Å². The van der Waals surface area contributed by atoms with Crippen molar-refractivity contribution in [2.45, 2.75) is 6.10 Å². The minimum absolute atomic E-state index is 0.295. The number of carbonyl (C=O) groups excluding carboxylic acids is 1. The van der Waals surface area contributed by atoms with Crippen LogP contribution in [0.15, 0.2) is 30.3 Å². The molecule has 0 aromatic heterocycles. The predicted octanol–water partition coefficient (Wildman–Crippen LogP) is 0.746. The SMILES string of the molecule is O=CC(OS(=O)(=O)O)c1ccccc1. The molecule has 76 valence electrons. The van der Waals surface area contributed by atoms with Crippen LogP contribution < -0.4 is 0 Å². The molecule has 1 aromatic rings. The second-order valence-electron chi connectivity index (χ2n) is 2.49. The van der Waals surface area contributed by atoms with Gasteiger partial charge in [0.25, 0.3) is 0 Å². The first-order valence-electron chi connectivity index (χ1n) is 3.69. The van der Waals surface area contributed by atoms with Crippen LogP contribution in [-0.2, 0) is 19.4 Å². The highest BCUT2D eigenvalue weighted by molar-refractivity contribution is 7.80. The smallest absolute Gasteiger partial charge is 0.300 e. The summed E-state index contributed by atoms with van der Waals surface area (Å²) in [5.74, 6) is 0. The van der Waals surface area contributed by atoms with E-state index in [1.165, 1.54) is 12.1 Å². The topological polar surface area (TPSA) is 80.7 Å². The molecule has 0 bridgehead atoms. The van der Waals surface area contributed by atoms with E-state index >= 15 is 0 Å². The number of benzene rings is 1. The van der Waals surface area contributed by atoms with Gasteiger partial charge >= 0.3 is 10.4 Å². The normalized spacial score (nSPS) is 13.5. The van der Waals surface area contributed by atoms with Gasteiger partial charge in [-0.2, -0.15) is 8.42 Å². The minimum atomic E-state index is -4.61. The van der Waals surface area contributed by atoms with Gasteiger partial charge in [0.15, 0.2) is 12.4 Å². The third-order valence-electron chi connectivity index (χ3n) is 1.48. The molecular weight excluding hydrogens is 208 g/mol. The highest BCUT2D eigenvalue weighted by Crippen LogP contribution is 2.16. The summed E-state index contributed by atoms with van der Waals surface area (Å²) >= 11 is 0. The fraction of sp³-hybridized carbons (Fsp3) is 0.125. The zero-order valence-electron chi connectivity index (χ0n) is 7.03. The molecule has 1 unspecified atom stereocenters. The number of aldehydes is 1. The molecule has 1 aromatic carbocycles. The fourth-order valence-corrected chi connectivity index (χ4v) is 1.35. The van der Waals surface area contributed by atoms with Crippen molar-refractivity contribution in [1.29, 1.82) is 0 Å². The molecule has 0 aliphatic carbocycles. The first-order chi connectivity index (χ1) is 6.53. The molecular formula is C8H8O5S. The lowest BCUT2D eigenvalue weighted by Crippen LogP contribution is -2.11. The second kappa shape index (κ2) is 4.32. The van der Waals surface area contributed by atoms with Crippen molar-refractivity contribution in [3.63, 3.8) is 0 Å². The fourth-order valence-electron chi connectivity index (χ4n) is 0.931. The van der Waals surface area contributed by atoms with Gasteiger partial charge in [-0.1, -0.05) is 30.3 Å². The van der Waals surface area contributed by atoms with Crippen LogP contribution in [0.4, 0.5) is 0 Å². The van der Waals surface area contributed by atoms with Crippen molar-refractivity contribution in [3.8, 4) is 0 Å². The van der Waals surface area contributed by atoms with E-state index in [-0.39, 0.29) is 0 Å². The van der Waals surface area contributed by atoms with Crippen LogP contribution in [0.2, 0.25) is 0 Å². The lowest BCUT2D eigenvalue weighted by atomic mass is 10.1. The zero-order valence-corrected chi connectivity index (χ0v) is 7.85. The van der Waals surface area contributed by atoms with E-state index in [2.05, 4.69) is 4.18 Å². The number of rotatable bonds is 4. The average Bonchev–Trinajstić information content (AvgIpc) is 2.14. The molecule has 0 heterocycles. The van der Waals surface area contributed by atoms with Gasteiger partial charge in [-0.05, 0) is 5.56 Å². The molecule has 5 nitrogen and oxygen atoms in total. The Morgan fingerprint density at radius 1 is 1.29 bits per heavy atom. The third kappa shape index (κ3) is 3.25. The third-order valence-corrected chi connectivity index (χ3v) is 1.93. The summed E-state index contributed by atoms with van der Waals surface area (Å²) < 4.78 is 33.2. The lowest BCUT2D eigenvalue weighted by molar-refractivity contribution is -0.114. The van der Waals surface area contributed by atoms with Gasteiger partial charge in [0, 0.05) is 0 Å². The lowest BCUT2D eigenvalue weighted by Gasteiger charge is -2.08. The van der Waals surface area contributed by atoms with Gasteiger partial charge in [-0.3, -0.25) is 4.55 Å². The molecule has 14 heavy (non-hydrogen) atoms. The quantitative estimate of drug-likeness (QED) is 0.593. The summed E-state index contributed by atoms with van der Waals surface area (Å²) in [5, 5.41) is 0. The molecule has 0 aliphatic rings. The Morgan fingerprint density at radius 2 is 1.86 bits per heavy atom. The van der Waals surface area contributed by atoms with Crippen LogP contribution >= 0.6 is 0 Å². The molecule has 0 saturated carbocycles. The molecule has 0 amide bonds. The van der Waals surface area contributed by atoms with E-state index in [0.717, 1.165) is 0 Å². The molecule has 0 aliphatic heterocycles. The molecule has 0 saturated heterocycles. The van der Waals surface area contributed by atoms with Crippen molar-refractivity contribution in [1.82, 2.24) is 0 Å². The van der Waals surface area contributed by atoms with Gasteiger partial charge in [-0.15, -0.1) is 0 Å². The van der Waals surface area contributed by atoms with Crippen molar-refractivity contribution >= 4 is 16.7 Å². The van der Waals surface area contributed by atoms with Gasteiger partial charge in [-0.25, -0.2) is 4.18 Å². The molecule has 0 radical (unpaired) electrons. The summed E-state index contributed by atoms with van der Waals surface area (Å²) in [6.07, 6.45) is -1.01. The van der Waals surface area contributed by atoms with Crippen LogP contribution in [-0.4, -0.2) is 19.3 Å². The van der Waals surface area contributed by atoms with Gasteiger partial charge in [0.2, 0.25) is 0 Å². The Balaban J connectivity index is 2.89. The zero-order chi connectivity index (χ0) is 10.6. The molecule has 1 rings (SSSR count). The van der Waals surface area contributed by atoms with Gasteiger partial charge < -0.3 is 4.79 Å². The van der Waals surface area contributed by atoms with Crippen LogP contribution in [0.3, 0.4) is 0 Å². The Morgan fingerprint density at radius 3 is 2.29 bits per heavy atom. The Labute approximate surface area is 81.3 Å². The molecule has 1 N–H and O–H groups in total. The van der Waals surface area contributed by atoms with Gasteiger partial charge in [0.05, 0.1) is 0 Å². The highest BCUT2D eigenvalue weighted by atomic mass is 32.3. The highest BCUT2D eigenvalue weighted by Gasteiger charge is 2.17. The van der Waals surface area contributed by atoms with Crippen LogP contribution in [0.5, 0.6) is 0 Å². The van der Waals surface area contributed by atoms with Crippen molar-refractivity contribution in [2.75, 3.05) is 0 Å². The Kier molecular flexibility index (Phi) is 3.34. The Hall–Kier alpha value is -1.24. The minimum Gasteiger partial charge on any atom is -0.300 e. The summed E-state index contributed by atoms with van der Waals surface area (Å²) in [6, 6.07) is 7.99. The van der Waals surface area contributed by atoms with E-state index < -0.39 is 16.5 Å². The van der Waals surface area contributed by atoms with E-state index in [1.807, 2.05) is 0 Å². The maximum atomic E-state index is 10.5. The largest absolute Gasteiger partial charge is 0.398 e.